The summed E-state index contributed by atoms with van der Waals surface area (Å²) in [6, 6.07) is 16.3. The summed E-state index contributed by atoms with van der Waals surface area (Å²) in [5, 5.41) is 11.0. The molecule has 0 aliphatic carbocycles. The Morgan fingerprint density at radius 3 is 2.57 bits per heavy atom. The van der Waals surface area contributed by atoms with E-state index in [1.807, 2.05) is 18.2 Å². The van der Waals surface area contributed by atoms with Crippen LogP contribution in [-0.4, -0.2) is 103 Å². The van der Waals surface area contributed by atoms with Crippen molar-refractivity contribution in [2.24, 2.45) is 0 Å². The zero-order valence-electron chi connectivity index (χ0n) is 19.9. The number of para-hydroxylation sites is 1. The van der Waals surface area contributed by atoms with Crippen molar-refractivity contribution in [2.75, 3.05) is 52.5 Å². The molecule has 2 saturated heterocycles. The zero-order chi connectivity index (χ0) is 23.8. The highest BCUT2D eigenvalue weighted by molar-refractivity contribution is 5.97. The van der Waals surface area contributed by atoms with Gasteiger partial charge in [-0.05, 0) is 29.7 Å². The number of β-amino-alcohol motifs (C(OH)–C–C–N with tert-alkyl or cyclic N) is 1. The van der Waals surface area contributed by atoms with Gasteiger partial charge in [0.1, 0.15) is 5.75 Å². The number of benzene rings is 2. The first-order valence-corrected chi connectivity index (χ1v) is 12.6. The molecule has 6 rings (SSSR count). The lowest BCUT2D eigenvalue weighted by Crippen LogP contribution is -2.63. The van der Waals surface area contributed by atoms with Gasteiger partial charge in [-0.25, -0.2) is 0 Å². The number of amides is 1. The van der Waals surface area contributed by atoms with E-state index >= 15 is 0 Å². The largest absolute Gasteiger partial charge is 0.462 e. The molecule has 2 aromatic rings. The second-order valence-electron chi connectivity index (χ2n) is 10.1. The molecule has 8 heteroatoms. The third-order valence-corrected chi connectivity index (χ3v) is 7.50. The number of aliphatic hydroxyl groups is 1. The van der Waals surface area contributed by atoms with Gasteiger partial charge in [0.2, 0.25) is 6.29 Å². The van der Waals surface area contributed by atoms with Crippen molar-refractivity contribution < 1.29 is 24.1 Å². The Morgan fingerprint density at radius 1 is 1.00 bits per heavy atom. The van der Waals surface area contributed by atoms with Crippen molar-refractivity contribution in [3.63, 3.8) is 0 Å². The van der Waals surface area contributed by atoms with E-state index in [1.54, 1.807) is 11.0 Å². The molecule has 4 aliphatic rings. The van der Waals surface area contributed by atoms with Crippen LogP contribution in [0.1, 0.15) is 21.5 Å². The average Bonchev–Trinajstić information content (AvgIpc) is 2.93. The molecule has 4 heterocycles. The standard InChI is InChI=1S/C27H33N3O5/c31-22(12-28-10-9-19-5-1-2-6-20(19)11-28)13-30-16-26(34-23-14-29(15-23)21-17-33-18-21)35-25-8-4-3-7-24(25)27(30)32/h1-8,21-23,26,31H,9-18H2/t22-,26?/m1/s1. The Kier molecular flexibility index (Phi) is 6.47. The van der Waals surface area contributed by atoms with Crippen LogP contribution in [0.3, 0.4) is 0 Å². The SMILES string of the molecule is O=C1c2ccccc2OC(OC2CN(C3COC3)C2)CN1C[C@H](O)CN1CCc2ccccc2C1. The number of aliphatic hydroxyl groups excluding tert-OH is 1. The predicted molar refractivity (Wildman–Crippen MR) is 129 cm³/mol. The molecule has 1 amide bonds. The van der Waals surface area contributed by atoms with E-state index in [4.69, 9.17) is 14.2 Å². The van der Waals surface area contributed by atoms with Gasteiger partial charge in [0.15, 0.2) is 0 Å². The molecule has 4 aliphatic heterocycles. The molecule has 35 heavy (non-hydrogen) atoms. The van der Waals surface area contributed by atoms with Crippen molar-refractivity contribution in [1.82, 2.24) is 14.7 Å². The van der Waals surface area contributed by atoms with E-state index in [1.165, 1.54) is 11.1 Å². The van der Waals surface area contributed by atoms with Gasteiger partial charge in [-0.1, -0.05) is 36.4 Å². The first kappa shape index (κ1) is 22.9. The quantitative estimate of drug-likeness (QED) is 0.643. The molecule has 2 fully saturated rings. The highest BCUT2D eigenvalue weighted by Crippen LogP contribution is 2.28. The number of carbonyl (C=O) groups excluding carboxylic acids is 1. The number of hydrogen-bond donors (Lipinski definition) is 1. The molecule has 1 unspecified atom stereocenters. The third-order valence-electron chi connectivity index (χ3n) is 7.50. The van der Waals surface area contributed by atoms with Gasteiger partial charge in [-0.3, -0.25) is 14.6 Å². The highest BCUT2D eigenvalue weighted by Gasteiger charge is 2.39. The fourth-order valence-corrected chi connectivity index (χ4v) is 5.41. The molecule has 2 atom stereocenters. The summed E-state index contributed by atoms with van der Waals surface area (Å²) in [6.45, 7) is 6.07. The van der Waals surface area contributed by atoms with Gasteiger partial charge < -0.3 is 24.2 Å². The Hall–Kier alpha value is -2.49. The van der Waals surface area contributed by atoms with Gasteiger partial charge in [-0.15, -0.1) is 0 Å². The first-order valence-electron chi connectivity index (χ1n) is 12.6. The number of carbonyl (C=O) groups is 1. The van der Waals surface area contributed by atoms with E-state index in [-0.39, 0.29) is 25.1 Å². The Morgan fingerprint density at radius 2 is 1.77 bits per heavy atom. The smallest absolute Gasteiger partial charge is 0.257 e. The molecule has 0 bridgehead atoms. The minimum atomic E-state index is -0.659. The maximum Gasteiger partial charge on any atom is 0.257 e. The van der Waals surface area contributed by atoms with Crippen molar-refractivity contribution in [2.45, 2.75) is 37.5 Å². The van der Waals surface area contributed by atoms with Gasteiger partial charge in [-0.2, -0.15) is 0 Å². The van der Waals surface area contributed by atoms with E-state index in [0.717, 1.165) is 45.8 Å². The second kappa shape index (κ2) is 9.87. The van der Waals surface area contributed by atoms with Gasteiger partial charge in [0.25, 0.3) is 5.91 Å². The van der Waals surface area contributed by atoms with Crippen molar-refractivity contribution in [1.29, 1.82) is 0 Å². The fraction of sp³-hybridized carbons (Fsp3) is 0.519. The molecule has 8 nitrogen and oxygen atoms in total. The van der Waals surface area contributed by atoms with E-state index in [0.29, 0.717) is 23.9 Å². The van der Waals surface area contributed by atoms with Gasteiger partial charge in [0.05, 0.1) is 43.6 Å². The number of likely N-dealkylation sites (tertiary alicyclic amines) is 1. The van der Waals surface area contributed by atoms with E-state index in [2.05, 4.69) is 34.1 Å². The predicted octanol–water partition coefficient (Wildman–Crippen LogP) is 1.37. The molecule has 2 aromatic carbocycles. The Labute approximate surface area is 206 Å². The number of hydrogen-bond acceptors (Lipinski definition) is 7. The molecular weight excluding hydrogens is 446 g/mol. The molecule has 0 radical (unpaired) electrons. The average molecular weight is 480 g/mol. The molecule has 0 spiro atoms. The summed E-state index contributed by atoms with van der Waals surface area (Å²) < 4.78 is 17.7. The summed E-state index contributed by atoms with van der Waals surface area (Å²) in [7, 11) is 0. The minimum Gasteiger partial charge on any atom is -0.462 e. The van der Waals surface area contributed by atoms with Gasteiger partial charge in [0, 0.05) is 39.3 Å². The zero-order valence-corrected chi connectivity index (χ0v) is 19.9. The minimum absolute atomic E-state index is 0.0705. The topological polar surface area (TPSA) is 74.7 Å². The van der Waals surface area contributed by atoms with E-state index in [9.17, 15) is 9.90 Å². The maximum absolute atomic E-state index is 13.4. The van der Waals surface area contributed by atoms with Crippen molar-refractivity contribution >= 4 is 5.91 Å². The number of nitrogens with zero attached hydrogens (tertiary/aromatic N) is 3. The van der Waals surface area contributed by atoms with Crippen molar-refractivity contribution in [3.8, 4) is 5.75 Å². The summed E-state index contributed by atoms with van der Waals surface area (Å²) in [5.74, 6) is 0.410. The van der Waals surface area contributed by atoms with Crippen LogP contribution in [-0.2, 0) is 22.4 Å². The monoisotopic (exact) mass is 479 g/mol. The summed E-state index contributed by atoms with van der Waals surface area (Å²) in [5.41, 5.74) is 3.21. The van der Waals surface area contributed by atoms with Crippen molar-refractivity contribution in [3.05, 3.63) is 65.2 Å². The lowest BCUT2D eigenvalue weighted by molar-refractivity contribution is -0.191. The third kappa shape index (κ3) is 4.94. The lowest BCUT2D eigenvalue weighted by Gasteiger charge is -2.47. The number of fused-ring (bicyclic) bond motifs is 2. The van der Waals surface area contributed by atoms with Crippen LogP contribution < -0.4 is 4.74 Å². The molecule has 0 aromatic heterocycles. The van der Waals surface area contributed by atoms with Crippen LogP contribution in [0.25, 0.3) is 0 Å². The highest BCUT2D eigenvalue weighted by atomic mass is 16.7. The summed E-state index contributed by atoms with van der Waals surface area (Å²) >= 11 is 0. The van der Waals surface area contributed by atoms with Crippen LogP contribution in [0.4, 0.5) is 0 Å². The first-order chi connectivity index (χ1) is 17.1. The van der Waals surface area contributed by atoms with Crippen LogP contribution >= 0.6 is 0 Å². The molecule has 0 saturated carbocycles. The summed E-state index contributed by atoms with van der Waals surface area (Å²) in [6.07, 6.45) is -0.177. The van der Waals surface area contributed by atoms with Crippen LogP contribution in [0.15, 0.2) is 48.5 Å². The maximum atomic E-state index is 13.4. The Bertz CT molecular complexity index is 1050. The number of rotatable bonds is 7. The normalized spacial score (nSPS) is 24.5. The Balaban J connectivity index is 1.10. The second-order valence-corrected chi connectivity index (χ2v) is 10.1. The van der Waals surface area contributed by atoms with E-state index < -0.39 is 12.4 Å². The lowest BCUT2D eigenvalue weighted by atomic mass is 10.00. The molecule has 186 valence electrons. The van der Waals surface area contributed by atoms with Crippen LogP contribution in [0, 0.1) is 0 Å². The van der Waals surface area contributed by atoms with Crippen LogP contribution in [0.5, 0.6) is 5.75 Å². The molecule has 1 N–H and O–H groups in total. The van der Waals surface area contributed by atoms with Crippen LogP contribution in [0.2, 0.25) is 0 Å². The van der Waals surface area contributed by atoms with Gasteiger partial charge >= 0.3 is 0 Å². The fourth-order valence-electron chi connectivity index (χ4n) is 5.41. The summed E-state index contributed by atoms with van der Waals surface area (Å²) in [4.78, 5) is 19.7. The number of ether oxygens (including phenoxy) is 3. The molecular formula is C27H33N3O5.